The Morgan fingerprint density at radius 1 is 1.12 bits per heavy atom. The highest BCUT2D eigenvalue weighted by atomic mass is 35.5. The first-order chi connectivity index (χ1) is 12.0. The average Bonchev–Trinajstić information content (AvgIpc) is 3.06. The number of aromatic nitrogens is 2. The summed E-state index contributed by atoms with van der Waals surface area (Å²) in [6.07, 6.45) is 3.68. The average molecular weight is 358 g/mol. The third kappa shape index (κ3) is 2.86. The highest BCUT2D eigenvalue weighted by Gasteiger charge is 2.49. The van der Waals surface area contributed by atoms with Crippen LogP contribution in [0.3, 0.4) is 0 Å². The Balaban J connectivity index is 1.61. The van der Waals surface area contributed by atoms with E-state index in [9.17, 15) is 9.59 Å². The van der Waals surface area contributed by atoms with Crippen molar-refractivity contribution in [2.45, 2.75) is 39.2 Å². The first-order valence-corrected chi connectivity index (χ1v) is 9.09. The molecule has 0 bridgehead atoms. The van der Waals surface area contributed by atoms with Crippen LogP contribution in [0.2, 0.25) is 5.02 Å². The molecule has 6 heteroatoms. The SMILES string of the molecule is Cc1cc(N2C(=O)[C@H]3CCCC[C@H]3C2=O)nn1Cc1cccc(Cl)c1. The van der Waals surface area contributed by atoms with Crippen LogP contribution in [0.25, 0.3) is 0 Å². The van der Waals surface area contributed by atoms with Gasteiger partial charge in [-0.3, -0.25) is 14.3 Å². The van der Waals surface area contributed by atoms with Crippen LogP contribution in [-0.2, 0) is 16.1 Å². The van der Waals surface area contributed by atoms with Gasteiger partial charge in [0.25, 0.3) is 0 Å². The van der Waals surface area contributed by atoms with Crippen LogP contribution in [0.15, 0.2) is 30.3 Å². The van der Waals surface area contributed by atoms with E-state index in [1.54, 1.807) is 0 Å². The third-order valence-electron chi connectivity index (χ3n) is 5.26. The summed E-state index contributed by atoms with van der Waals surface area (Å²) in [4.78, 5) is 26.7. The van der Waals surface area contributed by atoms with Crippen molar-refractivity contribution in [1.29, 1.82) is 0 Å². The lowest BCUT2D eigenvalue weighted by atomic mass is 9.81. The van der Waals surface area contributed by atoms with Crippen LogP contribution in [0, 0.1) is 18.8 Å². The standard InChI is InChI=1S/C19H20ClN3O2/c1-12-9-17(21-22(12)11-13-5-4-6-14(20)10-13)23-18(24)15-7-2-3-8-16(15)19(23)25/h4-6,9-10,15-16H,2-3,7-8,11H2,1H3/t15-,16+. The molecule has 0 N–H and O–H groups in total. The maximum atomic E-state index is 12.7. The number of hydrogen-bond acceptors (Lipinski definition) is 3. The fourth-order valence-corrected chi connectivity index (χ4v) is 4.17. The Morgan fingerprint density at radius 2 is 1.80 bits per heavy atom. The van der Waals surface area contributed by atoms with Crippen molar-refractivity contribution in [1.82, 2.24) is 9.78 Å². The molecule has 2 aromatic rings. The van der Waals surface area contributed by atoms with Crippen molar-refractivity contribution >= 4 is 29.2 Å². The molecule has 25 heavy (non-hydrogen) atoms. The minimum Gasteiger partial charge on any atom is -0.274 e. The number of anilines is 1. The van der Waals surface area contributed by atoms with Gasteiger partial charge in [0.2, 0.25) is 11.8 Å². The highest BCUT2D eigenvalue weighted by Crippen LogP contribution is 2.39. The van der Waals surface area contributed by atoms with E-state index in [-0.39, 0.29) is 23.7 Å². The van der Waals surface area contributed by atoms with Crippen LogP contribution in [0.4, 0.5) is 5.82 Å². The predicted octanol–water partition coefficient (Wildman–Crippen LogP) is 3.57. The predicted molar refractivity (Wildman–Crippen MR) is 95.5 cm³/mol. The van der Waals surface area contributed by atoms with Crippen LogP contribution >= 0.6 is 11.6 Å². The minimum atomic E-state index is -0.153. The molecule has 130 valence electrons. The number of fused-ring (bicyclic) bond motifs is 1. The number of rotatable bonds is 3. The van der Waals surface area contributed by atoms with Crippen LogP contribution in [-0.4, -0.2) is 21.6 Å². The second-order valence-corrected chi connectivity index (χ2v) is 7.38. The summed E-state index contributed by atoms with van der Waals surface area (Å²) in [5.41, 5.74) is 1.93. The molecule has 1 saturated heterocycles. The summed E-state index contributed by atoms with van der Waals surface area (Å²) in [5, 5.41) is 5.21. The van der Waals surface area contributed by atoms with Gasteiger partial charge < -0.3 is 0 Å². The lowest BCUT2D eigenvalue weighted by Gasteiger charge is -2.19. The lowest BCUT2D eigenvalue weighted by Crippen LogP contribution is -2.31. The molecule has 1 aromatic carbocycles. The molecular weight excluding hydrogens is 338 g/mol. The van der Waals surface area contributed by atoms with E-state index in [0.29, 0.717) is 17.4 Å². The maximum Gasteiger partial charge on any atom is 0.238 e. The van der Waals surface area contributed by atoms with Gasteiger partial charge in [0.05, 0.1) is 18.4 Å². The zero-order valence-corrected chi connectivity index (χ0v) is 14.9. The summed E-state index contributed by atoms with van der Waals surface area (Å²) in [7, 11) is 0. The van der Waals surface area contributed by atoms with E-state index in [1.807, 2.05) is 41.9 Å². The number of imide groups is 1. The molecule has 1 aromatic heterocycles. The van der Waals surface area contributed by atoms with Gasteiger partial charge in [-0.15, -0.1) is 0 Å². The normalized spacial score (nSPS) is 23.2. The molecule has 1 aliphatic heterocycles. The highest BCUT2D eigenvalue weighted by molar-refractivity contribution is 6.30. The van der Waals surface area contributed by atoms with Gasteiger partial charge in [-0.25, -0.2) is 4.90 Å². The second-order valence-electron chi connectivity index (χ2n) is 6.94. The summed E-state index contributed by atoms with van der Waals surface area (Å²) < 4.78 is 1.81. The van der Waals surface area contributed by atoms with E-state index < -0.39 is 0 Å². The van der Waals surface area contributed by atoms with E-state index in [2.05, 4.69) is 5.10 Å². The molecule has 2 atom stereocenters. The Hall–Kier alpha value is -2.14. The molecule has 2 amide bonds. The second kappa shape index (κ2) is 6.30. The van der Waals surface area contributed by atoms with E-state index >= 15 is 0 Å². The van der Waals surface area contributed by atoms with Crippen molar-refractivity contribution in [3.63, 3.8) is 0 Å². The Bertz CT molecular complexity index is 821. The lowest BCUT2D eigenvalue weighted by molar-refractivity contribution is -0.122. The molecule has 2 heterocycles. The number of nitrogens with zero attached hydrogens (tertiary/aromatic N) is 3. The minimum absolute atomic E-state index is 0.0814. The van der Waals surface area contributed by atoms with Crippen LogP contribution in [0.5, 0.6) is 0 Å². The fraction of sp³-hybridized carbons (Fsp3) is 0.421. The van der Waals surface area contributed by atoms with E-state index in [4.69, 9.17) is 11.6 Å². The number of carbonyl (C=O) groups excluding carboxylic acids is 2. The molecule has 4 rings (SSSR count). The topological polar surface area (TPSA) is 55.2 Å². The quantitative estimate of drug-likeness (QED) is 0.789. The first-order valence-electron chi connectivity index (χ1n) is 8.71. The monoisotopic (exact) mass is 357 g/mol. The molecule has 0 unspecified atom stereocenters. The summed E-state index contributed by atoms with van der Waals surface area (Å²) >= 11 is 6.04. The molecule has 1 saturated carbocycles. The van der Waals surface area contributed by atoms with Crippen molar-refractivity contribution in [2.24, 2.45) is 11.8 Å². The number of benzene rings is 1. The molecule has 0 radical (unpaired) electrons. The van der Waals surface area contributed by atoms with Crippen molar-refractivity contribution < 1.29 is 9.59 Å². The Kier molecular flexibility index (Phi) is 4.12. The first kappa shape index (κ1) is 16.3. The van der Waals surface area contributed by atoms with Crippen molar-refractivity contribution in [3.05, 3.63) is 46.6 Å². The number of amides is 2. The molecule has 0 spiro atoms. The summed E-state index contributed by atoms with van der Waals surface area (Å²) in [6.45, 7) is 2.48. The van der Waals surface area contributed by atoms with Gasteiger partial charge in [-0.05, 0) is 37.5 Å². The van der Waals surface area contributed by atoms with Crippen molar-refractivity contribution in [3.8, 4) is 0 Å². The number of halogens is 1. The maximum absolute atomic E-state index is 12.7. The summed E-state index contributed by atoms with van der Waals surface area (Å²) in [5.74, 6) is -0.0209. The number of aryl methyl sites for hydroxylation is 1. The number of carbonyl (C=O) groups is 2. The molecule has 1 aliphatic carbocycles. The smallest absolute Gasteiger partial charge is 0.238 e. The molecule has 2 aliphatic rings. The van der Waals surface area contributed by atoms with E-state index in [1.165, 1.54) is 4.90 Å². The van der Waals surface area contributed by atoms with Gasteiger partial charge in [-0.1, -0.05) is 36.6 Å². The Morgan fingerprint density at radius 3 is 2.44 bits per heavy atom. The van der Waals surface area contributed by atoms with Gasteiger partial charge >= 0.3 is 0 Å². The van der Waals surface area contributed by atoms with Crippen LogP contribution in [0.1, 0.15) is 36.9 Å². The van der Waals surface area contributed by atoms with Crippen LogP contribution < -0.4 is 4.90 Å². The van der Waals surface area contributed by atoms with Crippen molar-refractivity contribution in [2.75, 3.05) is 4.90 Å². The Labute approximate surface area is 151 Å². The molecular formula is C19H20ClN3O2. The molecule has 2 fully saturated rings. The van der Waals surface area contributed by atoms with Gasteiger partial charge in [-0.2, -0.15) is 5.10 Å². The molecule has 5 nitrogen and oxygen atoms in total. The number of hydrogen-bond donors (Lipinski definition) is 0. The third-order valence-corrected chi connectivity index (χ3v) is 5.49. The zero-order chi connectivity index (χ0) is 17.6. The van der Waals surface area contributed by atoms with Gasteiger partial charge in [0, 0.05) is 16.8 Å². The zero-order valence-electron chi connectivity index (χ0n) is 14.1. The van der Waals surface area contributed by atoms with E-state index in [0.717, 1.165) is 36.9 Å². The van der Waals surface area contributed by atoms with Gasteiger partial charge in [0.1, 0.15) is 0 Å². The largest absolute Gasteiger partial charge is 0.274 e. The van der Waals surface area contributed by atoms with Gasteiger partial charge in [0.15, 0.2) is 5.82 Å². The fourth-order valence-electron chi connectivity index (χ4n) is 3.96. The summed E-state index contributed by atoms with van der Waals surface area (Å²) in [6, 6.07) is 9.42.